The summed E-state index contributed by atoms with van der Waals surface area (Å²) < 4.78 is 1.38. The first kappa shape index (κ1) is 14.3. The quantitative estimate of drug-likeness (QED) is 0.936. The highest BCUT2D eigenvalue weighted by Crippen LogP contribution is 2.10. The van der Waals surface area contributed by atoms with Crippen molar-refractivity contribution in [2.75, 3.05) is 6.54 Å². The van der Waals surface area contributed by atoms with Crippen LogP contribution in [-0.2, 0) is 13.5 Å². The van der Waals surface area contributed by atoms with Crippen LogP contribution in [0.2, 0.25) is 5.02 Å². The van der Waals surface area contributed by atoms with Crippen molar-refractivity contribution in [3.05, 3.63) is 69.1 Å². The van der Waals surface area contributed by atoms with Gasteiger partial charge in [0.05, 0.1) is 0 Å². The normalized spacial score (nSPS) is 10.3. The Hall–Kier alpha value is -2.07. The summed E-state index contributed by atoms with van der Waals surface area (Å²) in [5.74, 6) is -0.353. The van der Waals surface area contributed by atoms with E-state index in [9.17, 15) is 9.59 Å². The summed E-state index contributed by atoms with van der Waals surface area (Å²) >= 11 is 5.89. The molecule has 1 amide bonds. The Kier molecular flexibility index (Phi) is 4.58. The minimum Gasteiger partial charge on any atom is -0.352 e. The van der Waals surface area contributed by atoms with Crippen molar-refractivity contribution in [1.29, 1.82) is 0 Å². The standard InChI is InChI=1S/C15H15ClN2O2/c1-18-9-3-6-13(15(18)20)14(19)17-8-7-11-4-2-5-12(16)10-11/h2-6,9-10H,7-8H2,1H3,(H,17,19). The maximum absolute atomic E-state index is 11.9. The van der Waals surface area contributed by atoms with E-state index in [0.29, 0.717) is 18.0 Å². The zero-order chi connectivity index (χ0) is 14.5. The van der Waals surface area contributed by atoms with Gasteiger partial charge in [0.2, 0.25) is 0 Å². The Morgan fingerprint density at radius 2 is 2.10 bits per heavy atom. The van der Waals surface area contributed by atoms with Gasteiger partial charge in [0.15, 0.2) is 0 Å². The average molecular weight is 291 g/mol. The van der Waals surface area contributed by atoms with E-state index in [1.165, 1.54) is 10.6 Å². The Balaban J connectivity index is 1.96. The molecule has 0 spiro atoms. The molecule has 20 heavy (non-hydrogen) atoms. The second-order valence-electron chi connectivity index (χ2n) is 4.47. The molecule has 1 N–H and O–H groups in total. The Morgan fingerprint density at radius 3 is 2.85 bits per heavy atom. The number of amides is 1. The highest BCUT2D eigenvalue weighted by Gasteiger charge is 2.10. The predicted molar refractivity (Wildman–Crippen MR) is 79.2 cm³/mol. The summed E-state index contributed by atoms with van der Waals surface area (Å²) in [6, 6.07) is 10.7. The predicted octanol–water partition coefficient (Wildman–Crippen LogP) is 2.01. The third kappa shape index (κ3) is 3.48. The third-order valence-electron chi connectivity index (χ3n) is 2.96. The molecular weight excluding hydrogens is 276 g/mol. The Morgan fingerprint density at radius 1 is 1.30 bits per heavy atom. The molecule has 1 heterocycles. The SMILES string of the molecule is Cn1cccc(C(=O)NCCc2cccc(Cl)c2)c1=O. The van der Waals surface area contributed by atoms with E-state index >= 15 is 0 Å². The fourth-order valence-electron chi connectivity index (χ4n) is 1.88. The van der Waals surface area contributed by atoms with Crippen molar-refractivity contribution in [2.45, 2.75) is 6.42 Å². The number of nitrogens with zero attached hydrogens (tertiary/aromatic N) is 1. The van der Waals surface area contributed by atoms with Gasteiger partial charge >= 0.3 is 0 Å². The van der Waals surface area contributed by atoms with E-state index in [-0.39, 0.29) is 17.0 Å². The largest absolute Gasteiger partial charge is 0.352 e. The van der Waals surface area contributed by atoms with E-state index in [2.05, 4.69) is 5.32 Å². The molecule has 0 aliphatic carbocycles. The van der Waals surface area contributed by atoms with Gasteiger partial charge in [-0.05, 0) is 36.2 Å². The van der Waals surface area contributed by atoms with Crippen molar-refractivity contribution in [3.63, 3.8) is 0 Å². The van der Waals surface area contributed by atoms with Crippen LogP contribution in [0.25, 0.3) is 0 Å². The van der Waals surface area contributed by atoms with Gasteiger partial charge in [0, 0.05) is 24.8 Å². The maximum Gasteiger partial charge on any atom is 0.263 e. The van der Waals surface area contributed by atoms with E-state index in [0.717, 1.165) is 5.56 Å². The topological polar surface area (TPSA) is 51.1 Å². The summed E-state index contributed by atoms with van der Waals surface area (Å²) in [5, 5.41) is 3.41. The molecule has 0 saturated heterocycles. The van der Waals surface area contributed by atoms with Crippen molar-refractivity contribution >= 4 is 17.5 Å². The first-order valence-corrected chi connectivity index (χ1v) is 6.64. The summed E-state index contributed by atoms with van der Waals surface area (Å²) in [7, 11) is 1.62. The van der Waals surface area contributed by atoms with Crippen LogP contribution in [0.15, 0.2) is 47.4 Å². The molecule has 2 aromatic rings. The lowest BCUT2D eigenvalue weighted by Crippen LogP contribution is -2.32. The first-order chi connectivity index (χ1) is 9.58. The molecular formula is C15H15ClN2O2. The van der Waals surface area contributed by atoms with Crippen molar-refractivity contribution in [3.8, 4) is 0 Å². The van der Waals surface area contributed by atoms with Crippen LogP contribution < -0.4 is 10.9 Å². The number of aryl methyl sites for hydroxylation is 1. The van der Waals surface area contributed by atoms with Gasteiger partial charge in [-0.1, -0.05) is 23.7 Å². The highest BCUT2D eigenvalue weighted by atomic mass is 35.5. The summed E-state index contributed by atoms with van der Waals surface area (Å²) in [6.07, 6.45) is 2.28. The van der Waals surface area contributed by atoms with Crippen LogP contribution in [0.4, 0.5) is 0 Å². The fourth-order valence-corrected chi connectivity index (χ4v) is 2.09. The van der Waals surface area contributed by atoms with Gasteiger partial charge in [-0.2, -0.15) is 0 Å². The summed E-state index contributed by atoms with van der Waals surface area (Å²) in [4.78, 5) is 23.7. The van der Waals surface area contributed by atoms with Crippen LogP contribution in [0.1, 0.15) is 15.9 Å². The fraction of sp³-hybridized carbons (Fsp3) is 0.200. The van der Waals surface area contributed by atoms with E-state index in [1.54, 1.807) is 25.4 Å². The molecule has 0 fully saturated rings. The number of nitrogens with one attached hydrogen (secondary N) is 1. The average Bonchev–Trinajstić information content (AvgIpc) is 2.42. The van der Waals surface area contributed by atoms with Crippen LogP contribution in [-0.4, -0.2) is 17.0 Å². The smallest absolute Gasteiger partial charge is 0.263 e. The number of rotatable bonds is 4. The number of hydrogen-bond donors (Lipinski definition) is 1. The van der Waals surface area contributed by atoms with Gasteiger partial charge in [-0.3, -0.25) is 9.59 Å². The molecule has 0 saturated carbocycles. The highest BCUT2D eigenvalue weighted by molar-refractivity contribution is 6.30. The number of hydrogen-bond acceptors (Lipinski definition) is 2. The van der Waals surface area contributed by atoms with Crippen molar-refractivity contribution < 1.29 is 4.79 Å². The van der Waals surface area contributed by atoms with Crippen LogP contribution >= 0.6 is 11.6 Å². The Labute approximate surface area is 122 Å². The van der Waals surface area contributed by atoms with E-state index < -0.39 is 0 Å². The van der Waals surface area contributed by atoms with Gasteiger partial charge in [0.1, 0.15) is 5.56 Å². The molecule has 0 aliphatic rings. The van der Waals surface area contributed by atoms with E-state index in [4.69, 9.17) is 11.6 Å². The van der Waals surface area contributed by atoms with Gasteiger partial charge in [-0.15, -0.1) is 0 Å². The lowest BCUT2D eigenvalue weighted by molar-refractivity contribution is 0.0952. The number of carbonyl (C=O) groups excluding carboxylic acids is 1. The molecule has 0 unspecified atom stereocenters. The molecule has 1 aromatic carbocycles. The van der Waals surface area contributed by atoms with Crippen LogP contribution in [0.3, 0.4) is 0 Å². The van der Waals surface area contributed by atoms with Crippen LogP contribution in [0, 0.1) is 0 Å². The zero-order valence-electron chi connectivity index (χ0n) is 11.1. The molecule has 0 atom stereocenters. The number of carbonyl (C=O) groups is 1. The monoisotopic (exact) mass is 290 g/mol. The van der Waals surface area contributed by atoms with Crippen molar-refractivity contribution in [1.82, 2.24) is 9.88 Å². The lowest BCUT2D eigenvalue weighted by atomic mass is 10.1. The zero-order valence-corrected chi connectivity index (χ0v) is 11.9. The van der Waals surface area contributed by atoms with Gasteiger partial charge in [-0.25, -0.2) is 0 Å². The summed E-state index contributed by atoms with van der Waals surface area (Å²) in [6.45, 7) is 0.456. The maximum atomic E-state index is 11.9. The number of benzene rings is 1. The minimum atomic E-state index is -0.353. The molecule has 104 valence electrons. The molecule has 1 aromatic heterocycles. The Bertz CT molecular complexity index is 680. The molecule has 5 heteroatoms. The van der Waals surface area contributed by atoms with Crippen molar-refractivity contribution in [2.24, 2.45) is 7.05 Å². The first-order valence-electron chi connectivity index (χ1n) is 6.26. The molecule has 0 aliphatic heterocycles. The molecule has 2 rings (SSSR count). The second-order valence-corrected chi connectivity index (χ2v) is 4.91. The van der Waals surface area contributed by atoms with E-state index in [1.807, 2.05) is 18.2 Å². The van der Waals surface area contributed by atoms with Gasteiger partial charge in [0.25, 0.3) is 11.5 Å². The van der Waals surface area contributed by atoms with Crippen LogP contribution in [0.5, 0.6) is 0 Å². The third-order valence-corrected chi connectivity index (χ3v) is 3.19. The minimum absolute atomic E-state index is 0.154. The number of halogens is 1. The van der Waals surface area contributed by atoms with Gasteiger partial charge < -0.3 is 9.88 Å². The number of pyridine rings is 1. The molecule has 0 radical (unpaired) electrons. The lowest BCUT2D eigenvalue weighted by Gasteiger charge is -2.06. The molecule has 0 bridgehead atoms. The molecule has 4 nitrogen and oxygen atoms in total. The summed E-state index contributed by atoms with van der Waals surface area (Å²) in [5.41, 5.74) is 0.896. The number of aromatic nitrogens is 1. The second kappa shape index (κ2) is 6.39.